The molecular formula is C15H19N3O2. The molecule has 1 saturated carbocycles. The van der Waals surface area contributed by atoms with E-state index < -0.39 is 6.04 Å². The number of nitrogens with one attached hydrogen (secondary N) is 1. The van der Waals surface area contributed by atoms with Gasteiger partial charge in [-0.05, 0) is 25.0 Å². The molecule has 0 radical (unpaired) electrons. The maximum atomic E-state index is 12.3. The Labute approximate surface area is 118 Å². The van der Waals surface area contributed by atoms with E-state index in [1.165, 1.54) is 4.90 Å². The topological polar surface area (TPSA) is 52.7 Å². The normalized spacial score (nSPS) is 22.3. The summed E-state index contributed by atoms with van der Waals surface area (Å²) in [5, 5.41) is 3.23. The molecule has 2 aliphatic rings. The van der Waals surface area contributed by atoms with Crippen LogP contribution >= 0.6 is 0 Å². The van der Waals surface area contributed by atoms with Crippen molar-refractivity contribution in [2.75, 3.05) is 24.3 Å². The summed E-state index contributed by atoms with van der Waals surface area (Å²) < 4.78 is 0. The average molecular weight is 273 g/mol. The van der Waals surface area contributed by atoms with Crippen LogP contribution in [0.5, 0.6) is 0 Å². The van der Waals surface area contributed by atoms with Gasteiger partial charge >= 0.3 is 0 Å². The Bertz CT molecular complexity index is 552. The lowest BCUT2D eigenvalue weighted by molar-refractivity contribution is -0.139. The summed E-state index contributed by atoms with van der Waals surface area (Å²) in [7, 11) is 3.91. The largest absolute Gasteiger partial charge is 0.376 e. The Hall–Kier alpha value is -2.04. The molecule has 1 unspecified atom stereocenters. The van der Waals surface area contributed by atoms with Crippen LogP contribution in [0.15, 0.2) is 24.3 Å². The van der Waals surface area contributed by atoms with Crippen molar-refractivity contribution >= 4 is 23.2 Å². The summed E-state index contributed by atoms with van der Waals surface area (Å²) in [6, 6.07) is 7.54. The summed E-state index contributed by atoms with van der Waals surface area (Å²) in [6.45, 7) is 0. The van der Waals surface area contributed by atoms with Gasteiger partial charge in [0.1, 0.15) is 6.04 Å². The van der Waals surface area contributed by atoms with E-state index in [2.05, 4.69) is 5.32 Å². The SMILES string of the molecule is CN(C)c1ccccc1NC1CC(=O)N(C2CC2)C1=O. The first kappa shape index (κ1) is 13.0. The van der Waals surface area contributed by atoms with Gasteiger partial charge in [-0.1, -0.05) is 12.1 Å². The fraction of sp³-hybridized carbons (Fsp3) is 0.467. The molecular weight excluding hydrogens is 254 g/mol. The number of carbonyl (C=O) groups is 2. The van der Waals surface area contributed by atoms with Crippen molar-refractivity contribution in [1.29, 1.82) is 0 Å². The van der Waals surface area contributed by atoms with Crippen molar-refractivity contribution in [2.24, 2.45) is 0 Å². The standard InChI is InChI=1S/C15H19N3O2/c1-17(2)13-6-4-3-5-11(13)16-12-9-14(19)18(15(12)20)10-7-8-10/h3-6,10,12,16H,7-9H2,1-2H3. The second-order valence-electron chi connectivity index (χ2n) is 5.65. The van der Waals surface area contributed by atoms with Gasteiger partial charge in [-0.15, -0.1) is 0 Å². The van der Waals surface area contributed by atoms with Crippen LogP contribution in [0.3, 0.4) is 0 Å². The minimum absolute atomic E-state index is 0.0441. The van der Waals surface area contributed by atoms with Gasteiger partial charge in [0.15, 0.2) is 0 Å². The lowest BCUT2D eigenvalue weighted by Gasteiger charge is -2.21. The van der Waals surface area contributed by atoms with Crippen LogP contribution in [0.25, 0.3) is 0 Å². The molecule has 2 amide bonds. The highest BCUT2D eigenvalue weighted by atomic mass is 16.2. The highest BCUT2D eigenvalue weighted by Gasteiger charge is 2.46. The average Bonchev–Trinajstić information content (AvgIpc) is 3.19. The third kappa shape index (κ3) is 2.24. The van der Waals surface area contributed by atoms with Crippen LogP contribution in [0.1, 0.15) is 19.3 Å². The van der Waals surface area contributed by atoms with E-state index in [0.29, 0.717) is 0 Å². The molecule has 0 spiro atoms. The van der Waals surface area contributed by atoms with E-state index in [1.807, 2.05) is 43.3 Å². The van der Waals surface area contributed by atoms with Gasteiger partial charge in [-0.25, -0.2) is 0 Å². The number of benzene rings is 1. The predicted octanol–water partition coefficient (Wildman–Crippen LogP) is 1.45. The summed E-state index contributed by atoms with van der Waals surface area (Å²) in [5.74, 6) is -0.122. The van der Waals surface area contributed by atoms with Gasteiger partial charge in [-0.3, -0.25) is 14.5 Å². The highest BCUT2D eigenvalue weighted by Crippen LogP contribution is 2.33. The van der Waals surface area contributed by atoms with Crippen LogP contribution in [0.4, 0.5) is 11.4 Å². The zero-order valence-electron chi connectivity index (χ0n) is 11.8. The Balaban J connectivity index is 1.79. The third-order valence-electron chi connectivity index (χ3n) is 3.81. The zero-order valence-corrected chi connectivity index (χ0v) is 11.8. The lowest BCUT2D eigenvalue weighted by atomic mass is 10.2. The summed E-state index contributed by atoms with van der Waals surface area (Å²) in [4.78, 5) is 27.7. The molecule has 1 N–H and O–H groups in total. The van der Waals surface area contributed by atoms with Crippen molar-refractivity contribution < 1.29 is 9.59 Å². The molecule has 106 valence electrons. The molecule has 3 rings (SSSR count). The second kappa shape index (κ2) is 4.81. The number of nitrogens with zero attached hydrogens (tertiary/aromatic N) is 2. The van der Waals surface area contributed by atoms with Crippen molar-refractivity contribution in [3.8, 4) is 0 Å². The van der Waals surface area contributed by atoms with E-state index in [4.69, 9.17) is 0 Å². The third-order valence-corrected chi connectivity index (χ3v) is 3.81. The number of carbonyl (C=O) groups excluding carboxylic acids is 2. The van der Waals surface area contributed by atoms with E-state index in [1.54, 1.807) is 0 Å². The molecule has 5 heteroatoms. The monoisotopic (exact) mass is 273 g/mol. The zero-order chi connectivity index (χ0) is 14.3. The van der Waals surface area contributed by atoms with Crippen LogP contribution in [0.2, 0.25) is 0 Å². The van der Waals surface area contributed by atoms with Crippen molar-refractivity contribution in [3.63, 3.8) is 0 Å². The van der Waals surface area contributed by atoms with Crippen molar-refractivity contribution in [2.45, 2.75) is 31.3 Å². The molecule has 1 heterocycles. The number of hydrogen-bond acceptors (Lipinski definition) is 4. The Morgan fingerprint density at radius 3 is 2.55 bits per heavy atom. The molecule has 20 heavy (non-hydrogen) atoms. The van der Waals surface area contributed by atoms with Gasteiger partial charge < -0.3 is 10.2 Å². The smallest absolute Gasteiger partial charge is 0.252 e. The number of imide groups is 1. The number of amides is 2. The van der Waals surface area contributed by atoms with Crippen molar-refractivity contribution in [1.82, 2.24) is 4.90 Å². The van der Waals surface area contributed by atoms with Gasteiger partial charge in [-0.2, -0.15) is 0 Å². The van der Waals surface area contributed by atoms with Gasteiger partial charge in [0.05, 0.1) is 17.8 Å². The summed E-state index contributed by atoms with van der Waals surface area (Å²) in [6.07, 6.45) is 2.17. The molecule has 1 aromatic carbocycles. The number of para-hydroxylation sites is 2. The fourth-order valence-corrected chi connectivity index (χ4v) is 2.65. The predicted molar refractivity (Wildman–Crippen MR) is 77.7 cm³/mol. The maximum absolute atomic E-state index is 12.3. The Kier molecular flexibility index (Phi) is 3.12. The number of rotatable bonds is 4. The number of anilines is 2. The number of likely N-dealkylation sites (tertiary alicyclic amines) is 1. The first-order chi connectivity index (χ1) is 9.58. The minimum Gasteiger partial charge on any atom is -0.376 e. The highest BCUT2D eigenvalue weighted by molar-refractivity contribution is 6.07. The Morgan fingerprint density at radius 2 is 1.90 bits per heavy atom. The van der Waals surface area contributed by atoms with E-state index in [0.717, 1.165) is 24.2 Å². The van der Waals surface area contributed by atoms with Crippen LogP contribution in [0, 0.1) is 0 Å². The fourth-order valence-electron chi connectivity index (χ4n) is 2.65. The molecule has 0 aromatic heterocycles. The molecule has 1 aliphatic carbocycles. The molecule has 0 bridgehead atoms. The molecule has 1 atom stereocenters. The molecule has 1 saturated heterocycles. The first-order valence-corrected chi connectivity index (χ1v) is 6.96. The van der Waals surface area contributed by atoms with Crippen LogP contribution in [-0.2, 0) is 9.59 Å². The maximum Gasteiger partial charge on any atom is 0.252 e. The Morgan fingerprint density at radius 1 is 1.20 bits per heavy atom. The van der Waals surface area contributed by atoms with E-state index in [9.17, 15) is 9.59 Å². The van der Waals surface area contributed by atoms with Gasteiger partial charge in [0, 0.05) is 20.1 Å². The molecule has 5 nitrogen and oxygen atoms in total. The lowest BCUT2D eigenvalue weighted by Crippen LogP contribution is -2.36. The van der Waals surface area contributed by atoms with Gasteiger partial charge in [0.25, 0.3) is 5.91 Å². The van der Waals surface area contributed by atoms with Crippen molar-refractivity contribution in [3.05, 3.63) is 24.3 Å². The molecule has 2 fully saturated rings. The first-order valence-electron chi connectivity index (χ1n) is 6.96. The van der Waals surface area contributed by atoms with E-state index >= 15 is 0 Å². The minimum atomic E-state index is -0.427. The van der Waals surface area contributed by atoms with Gasteiger partial charge in [0.2, 0.25) is 5.91 Å². The quantitative estimate of drug-likeness (QED) is 0.844. The van der Waals surface area contributed by atoms with Crippen LogP contribution in [-0.4, -0.2) is 42.9 Å². The molecule has 1 aliphatic heterocycles. The molecule has 1 aromatic rings. The number of hydrogen-bond donors (Lipinski definition) is 1. The van der Waals surface area contributed by atoms with E-state index in [-0.39, 0.29) is 24.3 Å². The summed E-state index contributed by atoms with van der Waals surface area (Å²) >= 11 is 0. The summed E-state index contributed by atoms with van der Waals surface area (Å²) in [5.41, 5.74) is 1.90. The second-order valence-corrected chi connectivity index (χ2v) is 5.65. The van der Waals surface area contributed by atoms with Crippen LogP contribution < -0.4 is 10.2 Å².